The molecule has 1 saturated carbocycles. The zero-order chi connectivity index (χ0) is 13.3. The maximum Gasteiger partial charge on any atom is 0.0830 e. The van der Waals surface area contributed by atoms with E-state index in [2.05, 4.69) is 31.1 Å². The van der Waals surface area contributed by atoms with Gasteiger partial charge in [-0.2, -0.15) is 0 Å². The average molecular weight is 270 g/mol. The van der Waals surface area contributed by atoms with Gasteiger partial charge in [0, 0.05) is 18.6 Å². The Hall–Kier alpha value is -0.570. The molecule has 0 aromatic carbocycles. The SMILES string of the molecule is Cn1cc(CC2CC(C(C)(C)C)CCC2Cl)nn1. The smallest absolute Gasteiger partial charge is 0.0830 e. The predicted octanol–water partition coefficient (Wildman–Crippen LogP) is 3.43. The highest BCUT2D eigenvalue weighted by molar-refractivity contribution is 6.20. The lowest BCUT2D eigenvalue weighted by Gasteiger charge is -2.39. The minimum Gasteiger partial charge on any atom is -0.255 e. The monoisotopic (exact) mass is 269 g/mol. The van der Waals surface area contributed by atoms with E-state index in [0.29, 0.717) is 16.7 Å². The van der Waals surface area contributed by atoms with Gasteiger partial charge in [-0.05, 0) is 42.9 Å². The number of rotatable bonds is 2. The van der Waals surface area contributed by atoms with Crippen LogP contribution in [0, 0.1) is 17.3 Å². The van der Waals surface area contributed by atoms with Gasteiger partial charge in [-0.25, -0.2) is 0 Å². The summed E-state index contributed by atoms with van der Waals surface area (Å²) in [7, 11) is 1.91. The summed E-state index contributed by atoms with van der Waals surface area (Å²) < 4.78 is 1.77. The largest absolute Gasteiger partial charge is 0.255 e. The van der Waals surface area contributed by atoms with E-state index in [0.717, 1.165) is 24.5 Å². The molecule has 0 saturated heterocycles. The first-order valence-electron chi connectivity index (χ1n) is 6.85. The fourth-order valence-electron chi connectivity index (χ4n) is 2.98. The molecule has 1 aromatic rings. The Morgan fingerprint density at radius 3 is 2.67 bits per heavy atom. The Balaban J connectivity index is 2.02. The van der Waals surface area contributed by atoms with Crippen molar-refractivity contribution in [2.24, 2.45) is 24.3 Å². The molecule has 3 atom stereocenters. The fraction of sp³-hybridized carbons (Fsp3) is 0.857. The van der Waals surface area contributed by atoms with Crippen molar-refractivity contribution in [3.63, 3.8) is 0 Å². The third kappa shape index (κ3) is 3.25. The lowest BCUT2D eigenvalue weighted by Crippen LogP contribution is -2.33. The van der Waals surface area contributed by atoms with Gasteiger partial charge in [0.2, 0.25) is 0 Å². The molecular weight excluding hydrogens is 246 g/mol. The summed E-state index contributed by atoms with van der Waals surface area (Å²) in [6.07, 6.45) is 6.58. The molecule has 1 aliphatic carbocycles. The van der Waals surface area contributed by atoms with Crippen LogP contribution in [0.15, 0.2) is 6.20 Å². The lowest BCUT2D eigenvalue weighted by atomic mass is 9.68. The summed E-state index contributed by atoms with van der Waals surface area (Å²) in [5.41, 5.74) is 1.46. The van der Waals surface area contributed by atoms with Crippen LogP contribution in [0.3, 0.4) is 0 Å². The average Bonchev–Trinajstić information content (AvgIpc) is 2.66. The van der Waals surface area contributed by atoms with Crippen molar-refractivity contribution in [1.82, 2.24) is 15.0 Å². The van der Waals surface area contributed by atoms with Crippen molar-refractivity contribution in [1.29, 1.82) is 0 Å². The highest BCUT2D eigenvalue weighted by atomic mass is 35.5. The highest BCUT2D eigenvalue weighted by Gasteiger charge is 2.35. The van der Waals surface area contributed by atoms with Crippen LogP contribution in [0.5, 0.6) is 0 Å². The molecule has 2 rings (SSSR count). The van der Waals surface area contributed by atoms with Crippen LogP contribution in [0.4, 0.5) is 0 Å². The topological polar surface area (TPSA) is 30.7 Å². The minimum atomic E-state index is 0.297. The Bertz CT molecular complexity index is 394. The number of hydrogen-bond acceptors (Lipinski definition) is 2. The molecule has 0 spiro atoms. The van der Waals surface area contributed by atoms with Crippen LogP contribution in [-0.4, -0.2) is 20.4 Å². The second kappa shape index (κ2) is 5.20. The van der Waals surface area contributed by atoms with Gasteiger partial charge in [-0.1, -0.05) is 26.0 Å². The van der Waals surface area contributed by atoms with Crippen LogP contribution in [0.25, 0.3) is 0 Å². The van der Waals surface area contributed by atoms with E-state index >= 15 is 0 Å². The van der Waals surface area contributed by atoms with Crippen molar-refractivity contribution in [3.05, 3.63) is 11.9 Å². The first-order valence-corrected chi connectivity index (χ1v) is 7.29. The number of alkyl halides is 1. The van der Waals surface area contributed by atoms with Crippen molar-refractivity contribution < 1.29 is 0 Å². The maximum absolute atomic E-state index is 6.50. The second-order valence-corrected chi connectivity index (χ2v) is 7.30. The molecule has 0 amide bonds. The first kappa shape index (κ1) is 13.9. The Morgan fingerprint density at radius 2 is 2.11 bits per heavy atom. The molecule has 3 unspecified atom stereocenters. The van der Waals surface area contributed by atoms with E-state index in [9.17, 15) is 0 Å². The standard InChI is InChI=1S/C14H24ClN3/c1-14(2,3)11-5-6-13(15)10(7-11)8-12-9-18(4)17-16-12/h9-11,13H,5-8H2,1-4H3. The van der Waals surface area contributed by atoms with E-state index in [1.807, 2.05) is 13.2 Å². The van der Waals surface area contributed by atoms with Crippen molar-refractivity contribution in [2.45, 2.75) is 51.8 Å². The molecule has 1 fully saturated rings. The van der Waals surface area contributed by atoms with E-state index in [-0.39, 0.29) is 0 Å². The molecule has 1 aliphatic rings. The van der Waals surface area contributed by atoms with Crippen molar-refractivity contribution in [3.8, 4) is 0 Å². The Kier molecular flexibility index (Phi) is 4.00. The number of aryl methyl sites for hydroxylation is 1. The normalized spacial score (nSPS) is 29.5. The Labute approximate surface area is 115 Å². The van der Waals surface area contributed by atoms with Gasteiger partial charge < -0.3 is 0 Å². The zero-order valence-corrected chi connectivity index (χ0v) is 12.6. The summed E-state index contributed by atoms with van der Waals surface area (Å²) in [6.45, 7) is 7.02. The maximum atomic E-state index is 6.50. The van der Waals surface area contributed by atoms with Gasteiger partial charge >= 0.3 is 0 Å². The molecule has 18 heavy (non-hydrogen) atoms. The molecule has 0 N–H and O–H groups in total. The molecule has 0 bridgehead atoms. The number of aromatic nitrogens is 3. The van der Waals surface area contributed by atoms with Crippen molar-refractivity contribution >= 4 is 11.6 Å². The minimum absolute atomic E-state index is 0.297. The van der Waals surface area contributed by atoms with Crippen LogP contribution in [-0.2, 0) is 13.5 Å². The molecular formula is C14H24ClN3. The molecule has 102 valence electrons. The summed E-state index contributed by atoms with van der Waals surface area (Å²) in [5, 5.41) is 8.48. The number of hydrogen-bond donors (Lipinski definition) is 0. The van der Waals surface area contributed by atoms with Gasteiger partial charge in [0.25, 0.3) is 0 Å². The third-order valence-electron chi connectivity index (χ3n) is 4.24. The summed E-state index contributed by atoms with van der Waals surface area (Å²) in [4.78, 5) is 0. The van der Waals surface area contributed by atoms with E-state index in [1.165, 1.54) is 12.8 Å². The lowest BCUT2D eigenvalue weighted by molar-refractivity contribution is 0.143. The van der Waals surface area contributed by atoms with E-state index in [1.54, 1.807) is 4.68 Å². The number of nitrogens with zero attached hydrogens (tertiary/aromatic N) is 3. The first-order chi connectivity index (χ1) is 8.36. The Morgan fingerprint density at radius 1 is 1.39 bits per heavy atom. The van der Waals surface area contributed by atoms with Crippen LogP contribution < -0.4 is 0 Å². The summed E-state index contributed by atoms with van der Waals surface area (Å²) in [6, 6.07) is 0. The second-order valence-electron chi connectivity index (χ2n) is 6.74. The van der Waals surface area contributed by atoms with Gasteiger partial charge in [0.15, 0.2) is 0 Å². The van der Waals surface area contributed by atoms with Gasteiger partial charge in [0.1, 0.15) is 0 Å². The molecule has 4 heteroatoms. The van der Waals surface area contributed by atoms with Crippen LogP contribution in [0.1, 0.15) is 45.7 Å². The van der Waals surface area contributed by atoms with E-state index in [4.69, 9.17) is 11.6 Å². The predicted molar refractivity (Wildman–Crippen MR) is 74.6 cm³/mol. The molecule has 1 aromatic heterocycles. The zero-order valence-electron chi connectivity index (χ0n) is 11.9. The molecule has 1 heterocycles. The summed E-state index contributed by atoms with van der Waals surface area (Å²) in [5.74, 6) is 1.32. The molecule has 0 radical (unpaired) electrons. The van der Waals surface area contributed by atoms with Crippen LogP contribution >= 0.6 is 11.6 Å². The van der Waals surface area contributed by atoms with Gasteiger partial charge in [0.05, 0.1) is 5.69 Å². The fourth-order valence-corrected chi connectivity index (χ4v) is 3.30. The highest BCUT2D eigenvalue weighted by Crippen LogP contribution is 2.42. The van der Waals surface area contributed by atoms with Crippen LogP contribution in [0.2, 0.25) is 0 Å². The number of halogens is 1. The van der Waals surface area contributed by atoms with E-state index < -0.39 is 0 Å². The molecule has 3 nitrogen and oxygen atoms in total. The van der Waals surface area contributed by atoms with Crippen molar-refractivity contribution in [2.75, 3.05) is 0 Å². The molecule has 0 aliphatic heterocycles. The van der Waals surface area contributed by atoms with Gasteiger partial charge in [-0.3, -0.25) is 4.68 Å². The van der Waals surface area contributed by atoms with Gasteiger partial charge in [-0.15, -0.1) is 16.7 Å². The summed E-state index contributed by atoms with van der Waals surface area (Å²) >= 11 is 6.50. The quantitative estimate of drug-likeness (QED) is 0.770. The third-order valence-corrected chi connectivity index (χ3v) is 4.81.